The van der Waals surface area contributed by atoms with Crippen molar-refractivity contribution in [1.29, 1.82) is 0 Å². The van der Waals surface area contributed by atoms with Crippen LogP contribution in [0.1, 0.15) is 6.92 Å². The number of amides is 1. The van der Waals surface area contributed by atoms with Gasteiger partial charge in [-0.2, -0.15) is 0 Å². The Bertz CT molecular complexity index is 875. The van der Waals surface area contributed by atoms with Crippen LogP contribution in [0.5, 0.6) is 0 Å². The predicted molar refractivity (Wildman–Crippen MR) is 89.0 cm³/mol. The molecule has 25 heavy (non-hydrogen) atoms. The van der Waals surface area contributed by atoms with E-state index in [1.807, 2.05) is 0 Å². The maximum Gasteiger partial charge on any atom is 0.237 e. The van der Waals surface area contributed by atoms with Gasteiger partial charge in [0.05, 0.1) is 11.5 Å². The van der Waals surface area contributed by atoms with Gasteiger partial charge in [0, 0.05) is 7.05 Å². The van der Waals surface area contributed by atoms with E-state index in [0.717, 1.165) is 23.9 Å². The van der Waals surface area contributed by atoms with E-state index in [-0.39, 0.29) is 0 Å². The van der Waals surface area contributed by atoms with Gasteiger partial charge in [0.15, 0.2) is 16.7 Å². The summed E-state index contributed by atoms with van der Waals surface area (Å²) in [5.74, 6) is -1.14. The molecule has 0 aliphatic heterocycles. The Morgan fingerprint density at radius 1 is 1.24 bits per heavy atom. The average Bonchev–Trinajstić information content (AvgIpc) is 3.21. The lowest BCUT2D eigenvalue weighted by Gasteiger charge is -2.12. The van der Waals surface area contributed by atoms with Gasteiger partial charge < -0.3 is 14.3 Å². The van der Waals surface area contributed by atoms with Gasteiger partial charge in [-0.05, 0) is 31.2 Å². The molecule has 0 aliphatic carbocycles. The molecule has 0 aliphatic rings. The molecule has 0 fully saturated rings. The monoisotopic (exact) mass is 364 g/mol. The molecule has 0 spiro atoms. The van der Waals surface area contributed by atoms with E-state index in [1.165, 1.54) is 12.3 Å². The quantitative estimate of drug-likeness (QED) is 0.702. The minimum atomic E-state index is -0.829. The van der Waals surface area contributed by atoms with E-state index in [4.69, 9.17) is 4.42 Å². The van der Waals surface area contributed by atoms with Crippen LogP contribution in [0, 0.1) is 11.6 Å². The second-order valence-electron chi connectivity index (χ2n) is 5.19. The maximum absolute atomic E-state index is 13.6. The molecule has 130 valence electrons. The number of carbonyl (C=O) groups is 1. The number of thioether (sulfide) groups is 1. The van der Waals surface area contributed by atoms with Crippen LogP contribution in [-0.4, -0.2) is 25.9 Å². The van der Waals surface area contributed by atoms with Crippen molar-refractivity contribution in [3.8, 4) is 11.6 Å². The summed E-state index contributed by atoms with van der Waals surface area (Å²) < 4.78 is 34.2. The summed E-state index contributed by atoms with van der Waals surface area (Å²) in [7, 11) is 1.74. The molecule has 2 heterocycles. The summed E-state index contributed by atoms with van der Waals surface area (Å²) in [5, 5.41) is 10.1. The molecule has 0 saturated heterocycles. The summed E-state index contributed by atoms with van der Waals surface area (Å²) in [6.07, 6.45) is 1.52. The molecular formula is C16H14F2N4O2S. The second-order valence-corrected chi connectivity index (χ2v) is 6.50. The van der Waals surface area contributed by atoms with Gasteiger partial charge in [-0.1, -0.05) is 17.8 Å². The van der Waals surface area contributed by atoms with Gasteiger partial charge in [0.1, 0.15) is 17.3 Å². The highest BCUT2D eigenvalue weighted by Gasteiger charge is 2.22. The van der Waals surface area contributed by atoms with Crippen molar-refractivity contribution in [1.82, 2.24) is 14.8 Å². The van der Waals surface area contributed by atoms with E-state index in [1.54, 1.807) is 30.7 Å². The molecule has 0 bridgehead atoms. The molecule has 1 N–H and O–H groups in total. The van der Waals surface area contributed by atoms with Gasteiger partial charge >= 0.3 is 0 Å². The smallest absolute Gasteiger partial charge is 0.237 e. The molecule has 1 atom stereocenters. The fourth-order valence-corrected chi connectivity index (χ4v) is 2.91. The number of benzene rings is 1. The fourth-order valence-electron chi connectivity index (χ4n) is 2.09. The summed E-state index contributed by atoms with van der Waals surface area (Å²) in [4.78, 5) is 12.2. The lowest BCUT2D eigenvalue weighted by atomic mass is 10.3. The van der Waals surface area contributed by atoms with Crippen LogP contribution in [0.15, 0.2) is 46.2 Å². The van der Waals surface area contributed by atoms with Crippen LogP contribution in [0.3, 0.4) is 0 Å². The second kappa shape index (κ2) is 7.06. The van der Waals surface area contributed by atoms with Crippen molar-refractivity contribution >= 4 is 23.4 Å². The van der Waals surface area contributed by atoms with Gasteiger partial charge in [-0.25, -0.2) is 8.78 Å². The third kappa shape index (κ3) is 3.55. The summed E-state index contributed by atoms with van der Waals surface area (Å²) in [6, 6.07) is 6.86. The van der Waals surface area contributed by atoms with E-state index in [9.17, 15) is 13.6 Å². The number of furan rings is 1. The van der Waals surface area contributed by atoms with Gasteiger partial charge in [0.2, 0.25) is 5.91 Å². The molecular weight excluding hydrogens is 350 g/mol. The zero-order valence-electron chi connectivity index (χ0n) is 13.4. The van der Waals surface area contributed by atoms with Crippen LogP contribution >= 0.6 is 11.8 Å². The molecule has 2 aromatic heterocycles. The molecule has 0 radical (unpaired) electrons. The zero-order valence-corrected chi connectivity index (χ0v) is 14.2. The maximum atomic E-state index is 13.6. The van der Waals surface area contributed by atoms with Crippen LogP contribution in [0.25, 0.3) is 11.6 Å². The van der Waals surface area contributed by atoms with Crippen LogP contribution in [-0.2, 0) is 11.8 Å². The number of aromatic nitrogens is 3. The predicted octanol–water partition coefficient (Wildman–Crippen LogP) is 3.47. The first-order valence-electron chi connectivity index (χ1n) is 7.32. The van der Waals surface area contributed by atoms with Crippen LogP contribution in [0.2, 0.25) is 0 Å². The number of para-hydroxylation sites is 1. The third-order valence-corrected chi connectivity index (χ3v) is 4.57. The SMILES string of the molecule is C[C@@H](Sc1nnc(-c2ccco2)n1C)C(=O)Nc1c(F)cccc1F. The van der Waals surface area contributed by atoms with Crippen molar-refractivity contribution in [2.45, 2.75) is 17.3 Å². The molecule has 1 aromatic carbocycles. The lowest BCUT2D eigenvalue weighted by molar-refractivity contribution is -0.115. The van der Waals surface area contributed by atoms with Crippen molar-refractivity contribution in [3.05, 3.63) is 48.2 Å². The van der Waals surface area contributed by atoms with Crippen molar-refractivity contribution in [2.24, 2.45) is 7.05 Å². The number of hydrogen-bond donors (Lipinski definition) is 1. The number of carbonyl (C=O) groups excluding carboxylic acids is 1. The highest BCUT2D eigenvalue weighted by atomic mass is 32.2. The number of halogens is 2. The Morgan fingerprint density at radius 2 is 1.96 bits per heavy atom. The van der Waals surface area contributed by atoms with Crippen LogP contribution in [0.4, 0.5) is 14.5 Å². The molecule has 9 heteroatoms. The van der Waals surface area contributed by atoms with Gasteiger partial charge in [-0.3, -0.25) is 4.79 Å². The lowest BCUT2D eigenvalue weighted by Crippen LogP contribution is -2.24. The van der Waals surface area contributed by atoms with Gasteiger partial charge in [0.25, 0.3) is 0 Å². The first-order valence-corrected chi connectivity index (χ1v) is 8.20. The van der Waals surface area contributed by atoms with Crippen molar-refractivity contribution in [3.63, 3.8) is 0 Å². The Hall–Kier alpha value is -2.68. The summed E-state index contributed by atoms with van der Waals surface area (Å²) in [6.45, 7) is 1.61. The number of nitrogens with zero attached hydrogens (tertiary/aromatic N) is 3. The molecule has 1 amide bonds. The minimum absolute atomic E-state index is 0.464. The summed E-state index contributed by atoms with van der Waals surface area (Å²) in [5.41, 5.74) is -0.464. The summed E-state index contributed by atoms with van der Waals surface area (Å²) >= 11 is 1.12. The molecule has 0 unspecified atom stereocenters. The fraction of sp³-hybridized carbons (Fsp3) is 0.188. The first-order chi connectivity index (χ1) is 12.0. The highest BCUT2D eigenvalue weighted by molar-refractivity contribution is 8.00. The van der Waals surface area contributed by atoms with E-state index < -0.39 is 28.5 Å². The molecule has 0 saturated carbocycles. The number of anilines is 1. The Kier molecular flexibility index (Phi) is 4.84. The van der Waals surface area contributed by atoms with E-state index in [0.29, 0.717) is 16.7 Å². The Morgan fingerprint density at radius 3 is 2.60 bits per heavy atom. The van der Waals surface area contributed by atoms with E-state index >= 15 is 0 Å². The van der Waals surface area contributed by atoms with Gasteiger partial charge in [-0.15, -0.1) is 10.2 Å². The molecule has 6 nitrogen and oxygen atoms in total. The van der Waals surface area contributed by atoms with Crippen LogP contribution < -0.4 is 5.32 Å². The largest absolute Gasteiger partial charge is 0.461 e. The van der Waals surface area contributed by atoms with Crippen molar-refractivity contribution < 1.29 is 18.0 Å². The Balaban J connectivity index is 1.72. The number of hydrogen-bond acceptors (Lipinski definition) is 5. The topological polar surface area (TPSA) is 73.0 Å². The average molecular weight is 364 g/mol. The normalized spacial score (nSPS) is 12.2. The standard InChI is InChI=1S/C16H14F2N4O2S/c1-9(15(23)19-13-10(17)5-3-6-11(13)18)25-16-21-20-14(22(16)2)12-7-4-8-24-12/h3-9H,1-2H3,(H,19,23)/t9-/m1/s1. The number of nitrogens with one attached hydrogen (secondary N) is 1. The third-order valence-electron chi connectivity index (χ3n) is 3.44. The zero-order chi connectivity index (χ0) is 18.0. The number of rotatable bonds is 5. The molecule has 3 rings (SSSR count). The first kappa shape index (κ1) is 17.2. The highest BCUT2D eigenvalue weighted by Crippen LogP contribution is 2.27. The minimum Gasteiger partial charge on any atom is -0.461 e. The van der Waals surface area contributed by atoms with E-state index in [2.05, 4.69) is 15.5 Å². The molecule has 3 aromatic rings. The Labute approximate surface area is 146 Å². The van der Waals surface area contributed by atoms with Crippen molar-refractivity contribution in [2.75, 3.05) is 5.32 Å².